The Bertz CT molecular complexity index is 719. The minimum Gasteiger partial charge on any atom is -0.496 e. The molecule has 120 valence electrons. The van der Waals surface area contributed by atoms with E-state index in [9.17, 15) is 4.79 Å². The number of nitrogens with zero attached hydrogens (tertiary/aromatic N) is 1. The van der Waals surface area contributed by atoms with Gasteiger partial charge in [0.2, 0.25) is 0 Å². The third kappa shape index (κ3) is 4.10. The van der Waals surface area contributed by atoms with E-state index in [0.717, 1.165) is 16.7 Å². The van der Waals surface area contributed by atoms with Crippen LogP contribution in [0.15, 0.2) is 47.6 Å². The van der Waals surface area contributed by atoms with Crippen molar-refractivity contribution in [2.45, 2.75) is 20.3 Å². The maximum absolute atomic E-state index is 12.2. The molecule has 5 nitrogen and oxygen atoms in total. The molecule has 0 aromatic heterocycles. The number of carbonyl (C=O) groups excluding carboxylic acids is 1. The Hall–Kier alpha value is -2.82. The topological polar surface area (TPSA) is 73.9 Å². The van der Waals surface area contributed by atoms with Crippen molar-refractivity contribution in [3.8, 4) is 5.75 Å². The molecule has 0 saturated carbocycles. The predicted molar refractivity (Wildman–Crippen MR) is 89.7 cm³/mol. The summed E-state index contributed by atoms with van der Waals surface area (Å²) in [6, 6.07) is 13.1. The first-order chi connectivity index (χ1) is 11.0. The Balaban J connectivity index is 2.09. The summed E-state index contributed by atoms with van der Waals surface area (Å²) in [4.78, 5) is 17.1. The van der Waals surface area contributed by atoms with Crippen LogP contribution in [-0.4, -0.2) is 18.9 Å². The lowest BCUT2D eigenvalue weighted by Crippen LogP contribution is -2.17. The molecule has 0 bridgehead atoms. The van der Waals surface area contributed by atoms with Crippen LogP contribution >= 0.6 is 0 Å². The normalized spacial score (nSPS) is 11.2. The highest BCUT2D eigenvalue weighted by Gasteiger charge is 2.14. The Morgan fingerprint density at radius 1 is 1.09 bits per heavy atom. The summed E-state index contributed by atoms with van der Waals surface area (Å²) >= 11 is 0. The number of nitrogens with two attached hydrogens (primary N) is 1. The van der Waals surface area contributed by atoms with Gasteiger partial charge in [-0.25, -0.2) is 4.79 Å². The summed E-state index contributed by atoms with van der Waals surface area (Å²) in [7, 11) is 1.59. The average Bonchev–Trinajstić information content (AvgIpc) is 2.53. The van der Waals surface area contributed by atoms with Gasteiger partial charge in [-0.15, -0.1) is 0 Å². The molecule has 2 aromatic carbocycles. The lowest BCUT2D eigenvalue weighted by Gasteiger charge is -2.08. The molecule has 0 aliphatic heterocycles. The SMILES string of the molecule is COc1ccccc1C/C(N)=N/OC(=O)c1c(C)cccc1C. The van der Waals surface area contributed by atoms with Gasteiger partial charge in [-0.1, -0.05) is 41.6 Å². The van der Waals surface area contributed by atoms with E-state index >= 15 is 0 Å². The number of benzene rings is 2. The Labute approximate surface area is 135 Å². The Morgan fingerprint density at radius 3 is 2.39 bits per heavy atom. The predicted octanol–water partition coefficient (Wildman–Crippen LogP) is 2.98. The van der Waals surface area contributed by atoms with E-state index in [2.05, 4.69) is 5.16 Å². The van der Waals surface area contributed by atoms with Crippen molar-refractivity contribution in [2.75, 3.05) is 7.11 Å². The monoisotopic (exact) mass is 312 g/mol. The fourth-order valence-electron chi connectivity index (χ4n) is 2.36. The van der Waals surface area contributed by atoms with Crippen molar-refractivity contribution in [3.63, 3.8) is 0 Å². The van der Waals surface area contributed by atoms with Gasteiger partial charge in [-0.05, 0) is 31.0 Å². The molecule has 0 amide bonds. The molecule has 0 saturated heterocycles. The lowest BCUT2D eigenvalue weighted by molar-refractivity contribution is 0.0513. The minimum atomic E-state index is -0.511. The number of carbonyl (C=O) groups is 1. The van der Waals surface area contributed by atoms with Gasteiger partial charge >= 0.3 is 5.97 Å². The molecule has 0 aliphatic carbocycles. The number of para-hydroxylation sites is 1. The molecular formula is C18H20N2O3. The summed E-state index contributed by atoms with van der Waals surface area (Å²) in [6.45, 7) is 3.71. The molecule has 2 N–H and O–H groups in total. The summed E-state index contributed by atoms with van der Waals surface area (Å²) in [5.74, 6) is 0.407. The van der Waals surface area contributed by atoms with Crippen molar-refractivity contribution in [2.24, 2.45) is 10.9 Å². The van der Waals surface area contributed by atoms with Crippen molar-refractivity contribution in [3.05, 3.63) is 64.7 Å². The molecule has 0 spiro atoms. The van der Waals surface area contributed by atoms with E-state index in [4.69, 9.17) is 15.3 Å². The minimum absolute atomic E-state index is 0.203. The van der Waals surface area contributed by atoms with Gasteiger partial charge in [0.05, 0.1) is 12.7 Å². The molecule has 0 heterocycles. The summed E-state index contributed by atoms with van der Waals surface area (Å²) in [6.07, 6.45) is 0.337. The quantitative estimate of drug-likeness (QED) is 0.399. The average molecular weight is 312 g/mol. The second kappa shape index (κ2) is 7.45. The molecule has 0 radical (unpaired) electrons. The van der Waals surface area contributed by atoms with E-state index in [1.165, 1.54) is 0 Å². The molecule has 0 aliphatic rings. The third-order valence-electron chi connectivity index (χ3n) is 3.50. The maximum Gasteiger partial charge on any atom is 0.366 e. The van der Waals surface area contributed by atoms with Crippen LogP contribution in [0.25, 0.3) is 0 Å². The first kappa shape index (κ1) is 16.5. The smallest absolute Gasteiger partial charge is 0.366 e. The summed E-state index contributed by atoms with van der Waals surface area (Å²) in [5, 5.41) is 3.74. The lowest BCUT2D eigenvalue weighted by atomic mass is 10.0. The van der Waals surface area contributed by atoms with Crippen LogP contribution in [0.4, 0.5) is 0 Å². The van der Waals surface area contributed by atoms with Gasteiger partial charge < -0.3 is 15.3 Å². The second-order valence-electron chi connectivity index (χ2n) is 5.22. The first-order valence-corrected chi connectivity index (χ1v) is 7.24. The zero-order chi connectivity index (χ0) is 16.8. The van der Waals surface area contributed by atoms with E-state index in [-0.39, 0.29) is 5.84 Å². The van der Waals surface area contributed by atoms with Crippen LogP contribution in [0.5, 0.6) is 5.75 Å². The number of hydrogen-bond acceptors (Lipinski definition) is 4. The molecule has 0 fully saturated rings. The van der Waals surface area contributed by atoms with Crippen LogP contribution < -0.4 is 10.5 Å². The molecule has 0 unspecified atom stereocenters. The number of ether oxygens (including phenoxy) is 1. The van der Waals surface area contributed by atoms with E-state index in [1.807, 2.05) is 56.3 Å². The molecule has 5 heteroatoms. The molecule has 23 heavy (non-hydrogen) atoms. The van der Waals surface area contributed by atoms with Crippen LogP contribution in [-0.2, 0) is 11.3 Å². The number of amidine groups is 1. The van der Waals surface area contributed by atoms with Gasteiger partial charge in [0, 0.05) is 12.0 Å². The number of methoxy groups -OCH3 is 1. The van der Waals surface area contributed by atoms with Crippen molar-refractivity contribution in [1.82, 2.24) is 0 Å². The highest BCUT2D eigenvalue weighted by molar-refractivity contribution is 5.93. The van der Waals surface area contributed by atoms with Gasteiger partial charge in [0.1, 0.15) is 11.6 Å². The number of oxime groups is 1. The zero-order valence-electron chi connectivity index (χ0n) is 13.5. The number of aryl methyl sites for hydroxylation is 2. The van der Waals surface area contributed by atoms with Crippen molar-refractivity contribution >= 4 is 11.8 Å². The van der Waals surface area contributed by atoms with Gasteiger partial charge in [-0.2, -0.15) is 0 Å². The number of rotatable bonds is 5. The highest BCUT2D eigenvalue weighted by atomic mass is 16.7. The maximum atomic E-state index is 12.2. The second-order valence-corrected chi connectivity index (χ2v) is 5.22. The molecule has 2 aromatic rings. The van der Waals surface area contributed by atoms with E-state index < -0.39 is 5.97 Å². The molecule has 2 rings (SSSR count). The van der Waals surface area contributed by atoms with Crippen LogP contribution in [0, 0.1) is 13.8 Å². The van der Waals surface area contributed by atoms with Crippen LogP contribution in [0.2, 0.25) is 0 Å². The van der Waals surface area contributed by atoms with Gasteiger partial charge in [-0.3, -0.25) is 0 Å². The molecule has 0 atom stereocenters. The van der Waals surface area contributed by atoms with E-state index in [0.29, 0.717) is 17.7 Å². The standard InChI is InChI=1S/C18H20N2O3/c1-12-7-6-8-13(2)17(12)18(21)23-20-16(19)11-14-9-4-5-10-15(14)22-3/h4-10H,11H2,1-3H3,(H2,19,20). The Kier molecular flexibility index (Phi) is 5.36. The van der Waals surface area contributed by atoms with Crippen LogP contribution in [0.3, 0.4) is 0 Å². The number of hydrogen-bond donors (Lipinski definition) is 1. The largest absolute Gasteiger partial charge is 0.496 e. The summed E-state index contributed by atoms with van der Waals surface area (Å²) in [5.41, 5.74) is 8.92. The van der Waals surface area contributed by atoms with Crippen molar-refractivity contribution in [1.29, 1.82) is 0 Å². The highest BCUT2D eigenvalue weighted by Crippen LogP contribution is 2.18. The summed E-state index contributed by atoms with van der Waals surface area (Å²) < 4.78 is 5.25. The van der Waals surface area contributed by atoms with Gasteiger partial charge in [0.15, 0.2) is 0 Å². The Morgan fingerprint density at radius 2 is 1.74 bits per heavy atom. The zero-order valence-corrected chi connectivity index (χ0v) is 13.5. The third-order valence-corrected chi connectivity index (χ3v) is 3.50. The fourth-order valence-corrected chi connectivity index (χ4v) is 2.36. The van der Waals surface area contributed by atoms with Crippen LogP contribution in [0.1, 0.15) is 27.0 Å². The van der Waals surface area contributed by atoms with E-state index in [1.54, 1.807) is 7.11 Å². The fraction of sp³-hybridized carbons (Fsp3) is 0.222. The first-order valence-electron chi connectivity index (χ1n) is 7.24. The van der Waals surface area contributed by atoms with Gasteiger partial charge in [0.25, 0.3) is 0 Å². The molecular weight excluding hydrogens is 292 g/mol. The van der Waals surface area contributed by atoms with Crippen molar-refractivity contribution < 1.29 is 14.4 Å².